The maximum Gasteiger partial charge on any atom is 0.263 e. The van der Waals surface area contributed by atoms with Gasteiger partial charge in [0.05, 0.1) is 3.92 Å². The summed E-state index contributed by atoms with van der Waals surface area (Å²) in [5.41, 5.74) is 0.710. The van der Waals surface area contributed by atoms with Crippen molar-refractivity contribution < 1.29 is 8.78 Å². The molecule has 1 saturated carbocycles. The molecule has 0 spiro atoms. The van der Waals surface area contributed by atoms with Crippen molar-refractivity contribution >= 4 is 22.6 Å². The van der Waals surface area contributed by atoms with Gasteiger partial charge in [0.25, 0.3) is 5.92 Å². The Bertz CT molecular complexity index is 177. The Kier molecular flexibility index (Phi) is 3.49. The highest BCUT2D eigenvalue weighted by Gasteiger charge is 2.38. The molecule has 1 rings (SSSR count). The van der Waals surface area contributed by atoms with Crippen LogP contribution in [0.4, 0.5) is 8.78 Å². The van der Waals surface area contributed by atoms with Gasteiger partial charge in [-0.25, -0.2) is 8.78 Å². The molecule has 0 nitrogen and oxygen atoms in total. The quantitative estimate of drug-likeness (QED) is 0.359. The number of allylic oxidation sites excluding steroid dienone is 1. The van der Waals surface area contributed by atoms with E-state index < -0.39 is 9.85 Å². The molecule has 0 bridgehead atoms. The van der Waals surface area contributed by atoms with Crippen LogP contribution in [0.15, 0.2) is 12.2 Å². The molecule has 0 aliphatic heterocycles. The molecule has 0 aromatic heterocycles. The third-order valence-electron chi connectivity index (χ3n) is 2.18. The molecule has 0 unspecified atom stereocenters. The predicted octanol–water partition coefficient (Wildman–Crippen LogP) is 3.95. The van der Waals surface area contributed by atoms with Crippen LogP contribution in [-0.4, -0.2) is 9.85 Å². The van der Waals surface area contributed by atoms with Crippen molar-refractivity contribution in [2.75, 3.05) is 0 Å². The molecule has 0 saturated heterocycles. The largest absolute Gasteiger partial charge is 0.263 e. The average Bonchev–Trinajstić information content (AvgIpc) is 1.95. The highest BCUT2D eigenvalue weighted by atomic mass is 127. The second-order valence-electron chi connectivity index (χ2n) is 3.40. The van der Waals surface area contributed by atoms with Crippen LogP contribution in [0.2, 0.25) is 0 Å². The number of hydrogen-bond acceptors (Lipinski definition) is 0. The summed E-state index contributed by atoms with van der Waals surface area (Å²) in [6.07, 6.45) is 3.23. The van der Waals surface area contributed by atoms with Crippen LogP contribution in [0.1, 0.15) is 32.1 Å². The molecule has 1 fully saturated rings. The topological polar surface area (TPSA) is 0 Å². The molecule has 0 aromatic carbocycles. The third kappa shape index (κ3) is 2.68. The lowest BCUT2D eigenvalue weighted by molar-refractivity contribution is -0.000872. The molecular formula is C9H13F2I. The van der Waals surface area contributed by atoms with Crippen molar-refractivity contribution in [2.24, 2.45) is 0 Å². The Labute approximate surface area is 85.6 Å². The van der Waals surface area contributed by atoms with Gasteiger partial charge in [0.1, 0.15) is 0 Å². The molecule has 1 atom stereocenters. The highest BCUT2D eigenvalue weighted by Crippen LogP contribution is 2.37. The van der Waals surface area contributed by atoms with Crippen molar-refractivity contribution in [1.82, 2.24) is 0 Å². The summed E-state index contributed by atoms with van der Waals surface area (Å²) in [7, 11) is 0. The van der Waals surface area contributed by atoms with Crippen molar-refractivity contribution in [3.8, 4) is 0 Å². The fourth-order valence-electron chi connectivity index (χ4n) is 1.44. The maximum atomic E-state index is 13.2. The summed E-state index contributed by atoms with van der Waals surface area (Å²) in [5, 5.41) is 0. The molecule has 12 heavy (non-hydrogen) atoms. The monoisotopic (exact) mass is 286 g/mol. The van der Waals surface area contributed by atoms with Gasteiger partial charge >= 0.3 is 0 Å². The zero-order chi connectivity index (χ0) is 9.19. The molecule has 0 heterocycles. The Morgan fingerprint density at radius 3 is 2.75 bits per heavy atom. The SMILES string of the molecule is C=C1CCCC[C@@H](I)C(F)(F)C1. The van der Waals surface area contributed by atoms with Gasteiger partial charge in [-0.2, -0.15) is 0 Å². The summed E-state index contributed by atoms with van der Waals surface area (Å²) in [4.78, 5) is 0. The first-order valence-electron chi connectivity index (χ1n) is 4.21. The third-order valence-corrected chi connectivity index (χ3v) is 3.72. The zero-order valence-electron chi connectivity index (χ0n) is 6.95. The molecule has 0 aromatic rings. The van der Waals surface area contributed by atoms with Crippen molar-refractivity contribution in [3.05, 3.63) is 12.2 Å². The van der Waals surface area contributed by atoms with Crippen molar-refractivity contribution in [2.45, 2.75) is 42.0 Å². The Morgan fingerprint density at radius 1 is 1.42 bits per heavy atom. The maximum absolute atomic E-state index is 13.2. The van der Waals surface area contributed by atoms with Crippen LogP contribution in [0, 0.1) is 0 Å². The number of halogens is 3. The first-order valence-corrected chi connectivity index (χ1v) is 5.45. The standard InChI is InChI=1S/C9H13F2I/c1-7-4-2-3-5-8(12)9(10,11)6-7/h8H,1-6H2/t8-/m1/s1. The predicted molar refractivity (Wildman–Crippen MR) is 55.0 cm³/mol. The van der Waals surface area contributed by atoms with Gasteiger partial charge in [0, 0.05) is 6.42 Å². The minimum Gasteiger partial charge on any atom is -0.205 e. The molecule has 70 valence electrons. The first-order chi connectivity index (χ1) is 5.52. The Hall–Kier alpha value is 0.330. The molecule has 0 N–H and O–H groups in total. The normalized spacial score (nSPS) is 30.9. The summed E-state index contributed by atoms with van der Waals surface area (Å²) in [6, 6.07) is 0. The van der Waals surface area contributed by atoms with Gasteiger partial charge in [-0.05, 0) is 19.3 Å². The molecular weight excluding hydrogens is 273 g/mol. The molecule has 3 heteroatoms. The molecule has 1 aliphatic carbocycles. The second-order valence-corrected chi connectivity index (χ2v) is 4.90. The fraction of sp³-hybridized carbons (Fsp3) is 0.778. The Morgan fingerprint density at radius 2 is 2.08 bits per heavy atom. The fourth-order valence-corrected chi connectivity index (χ4v) is 2.10. The lowest BCUT2D eigenvalue weighted by Crippen LogP contribution is -2.30. The summed E-state index contributed by atoms with van der Waals surface area (Å²) in [5.74, 6) is -2.53. The van der Waals surface area contributed by atoms with Gasteiger partial charge in [0.15, 0.2) is 0 Å². The first kappa shape index (κ1) is 10.4. The molecule has 0 radical (unpaired) electrons. The lowest BCUT2D eigenvalue weighted by Gasteiger charge is -2.25. The number of rotatable bonds is 0. The minimum absolute atomic E-state index is 0.111. The van der Waals surface area contributed by atoms with Gasteiger partial charge in [0.2, 0.25) is 0 Å². The van der Waals surface area contributed by atoms with E-state index in [-0.39, 0.29) is 6.42 Å². The van der Waals surface area contributed by atoms with Gasteiger partial charge in [-0.15, -0.1) is 0 Å². The van der Waals surface area contributed by atoms with E-state index in [0.717, 1.165) is 19.3 Å². The molecule has 0 amide bonds. The van der Waals surface area contributed by atoms with E-state index in [4.69, 9.17) is 0 Å². The van der Waals surface area contributed by atoms with E-state index in [1.54, 1.807) is 0 Å². The van der Waals surface area contributed by atoms with Gasteiger partial charge in [-0.1, -0.05) is 41.2 Å². The second kappa shape index (κ2) is 4.03. The van der Waals surface area contributed by atoms with E-state index in [0.29, 0.717) is 12.0 Å². The lowest BCUT2D eigenvalue weighted by atomic mass is 9.95. The minimum atomic E-state index is -2.53. The van der Waals surface area contributed by atoms with E-state index in [2.05, 4.69) is 6.58 Å². The van der Waals surface area contributed by atoms with Crippen LogP contribution >= 0.6 is 22.6 Å². The Balaban J connectivity index is 2.63. The van der Waals surface area contributed by atoms with Crippen LogP contribution in [0.3, 0.4) is 0 Å². The zero-order valence-corrected chi connectivity index (χ0v) is 9.11. The van der Waals surface area contributed by atoms with E-state index in [9.17, 15) is 8.78 Å². The molecule has 1 aliphatic rings. The highest BCUT2D eigenvalue weighted by molar-refractivity contribution is 14.1. The van der Waals surface area contributed by atoms with Crippen LogP contribution in [-0.2, 0) is 0 Å². The van der Waals surface area contributed by atoms with E-state index in [1.807, 2.05) is 22.6 Å². The van der Waals surface area contributed by atoms with E-state index >= 15 is 0 Å². The summed E-state index contributed by atoms with van der Waals surface area (Å²) >= 11 is 1.86. The van der Waals surface area contributed by atoms with Crippen LogP contribution < -0.4 is 0 Å². The van der Waals surface area contributed by atoms with Crippen LogP contribution in [0.5, 0.6) is 0 Å². The number of hydrogen-bond donors (Lipinski definition) is 0. The summed E-state index contributed by atoms with van der Waals surface area (Å²) < 4.78 is 25.9. The summed E-state index contributed by atoms with van der Waals surface area (Å²) in [6.45, 7) is 3.66. The smallest absolute Gasteiger partial charge is 0.205 e. The van der Waals surface area contributed by atoms with Gasteiger partial charge in [-0.3, -0.25) is 0 Å². The van der Waals surface area contributed by atoms with Crippen molar-refractivity contribution in [3.63, 3.8) is 0 Å². The average molecular weight is 286 g/mol. The van der Waals surface area contributed by atoms with Gasteiger partial charge < -0.3 is 0 Å². The van der Waals surface area contributed by atoms with Crippen LogP contribution in [0.25, 0.3) is 0 Å². The van der Waals surface area contributed by atoms with Crippen molar-refractivity contribution in [1.29, 1.82) is 0 Å². The van der Waals surface area contributed by atoms with E-state index in [1.165, 1.54) is 0 Å². The number of alkyl halides is 3.